The second kappa shape index (κ2) is 39.8. The average Bonchev–Trinajstić information content (AvgIpc) is 1.21. The number of rotatable bonds is 36. The number of alkyl halides is 2. The number of likely N-dealkylation sites (tertiary alicyclic amines) is 1. The first kappa shape index (κ1) is 73.5. The summed E-state index contributed by atoms with van der Waals surface area (Å²) in [4.78, 5) is 130. The van der Waals surface area contributed by atoms with Crippen molar-refractivity contribution in [3.63, 3.8) is 0 Å². The summed E-state index contributed by atoms with van der Waals surface area (Å²) in [6.45, 7) is 8.50. The largest absolute Gasteiger partial charge is 0.494 e. The first-order valence-electron chi connectivity index (χ1n) is 31.5. The molecule has 6 rings (SSSR count). The number of carbonyl (C=O) groups is 9. The van der Waals surface area contributed by atoms with Gasteiger partial charge in [-0.1, -0.05) is 42.2 Å². The molecule has 2 aromatic carbocycles. The Labute approximate surface area is 541 Å². The summed E-state index contributed by atoms with van der Waals surface area (Å²) < 4.78 is 44.0. The van der Waals surface area contributed by atoms with E-state index >= 15 is 0 Å². The number of aryl methyl sites for hydroxylation is 2. The molecule has 3 aliphatic rings. The number of aromatic nitrogens is 1. The summed E-state index contributed by atoms with van der Waals surface area (Å²) in [6, 6.07) is 13.0. The molecule has 3 aromatic rings. The number of fused-ring (bicyclic) bond motifs is 1. The molecule has 1 aromatic heterocycles. The molecule has 0 saturated carbocycles. The van der Waals surface area contributed by atoms with Gasteiger partial charge in [-0.05, 0) is 81.8 Å². The highest BCUT2D eigenvalue weighted by molar-refractivity contribution is 7.99. The van der Waals surface area contributed by atoms with Gasteiger partial charge in [-0.2, -0.15) is 11.8 Å². The molecule has 28 heteroatoms. The van der Waals surface area contributed by atoms with Crippen molar-refractivity contribution in [2.75, 3.05) is 156 Å². The fraction of sp³-hybridized carbons (Fsp3) is 0.594. The van der Waals surface area contributed by atoms with E-state index in [9.17, 15) is 57.0 Å². The van der Waals surface area contributed by atoms with Crippen molar-refractivity contribution < 1.29 is 71.2 Å². The predicted octanol–water partition coefficient (Wildman–Crippen LogP) is 2.05. The molecule has 1 unspecified atom stereocenters. The van der Waals surface area contributed by atoms with Crippen LogP contribution in [0.2, 0.25) is 0 Å². The lowest BCUT2D eigenvalue weighted by Crippen LogP contribution is -2.53. The number of carboxylic acid groups (broad SMARTS) is 1. The molecule has 504 valence electrons. The van der Waals surface area contributed by atoms with Crippen LogP contribution in [0.3, 0.4) is 0 Å². The van der Waals surface area contributed by atoms with E-state index < -0.39 is 61.2 Å². The van der Waals surface area contributed by atoms with Crippen LogP contribution in [0, 0.1) is 19.3 Å². The van der Waals surface area contributed by atoms with E-state index in [-0.39, 0.29) is 55.6 Å². The van der Waals surface area contributed by atoms with E-state index in [0.29, 0.717) is 159 Å². The van der Waals surface area contributed by atoms with Gasteiger partial charge < -0.3 is 50.4 Å². The van der Waals surface area contributed by atoms with Crippen molar-refractivity contribution >= 4 is 77.0 Å². The van der Waals surface area contributed by atoms with E-state index in [2.05, 4.69) is 61.3 Å². The van der Waals surface area contributed by atoms with Crippen molar-refractivity contribution in [3.8, 4) is 18.1 Å². The molecular formula is C64H90F2N12O13S. The van der Waals surface area contributed by atoms with Crippen molar-refractivity contribution in [1.29, 1.82) is 0 Å². The quantitative estimate of drug-likeness (QED) is 0.0316. The van der Waals surface area contributed by atoms with E-state index in [1.165, 1.54) is 35.2 Å². The number of hydrogen-bond acceptors (Lipinski definition) is 19. The highest BCUT2D eigenvalue weighted by atomic mass is 32.2. The summed E-state index contributed by atoms with van der Waals surface area (Å²) >= 11 is 1.42. The van der Waals surface area contributed by atoms with Crippen molar-refractivity contribution in [2.24, 2.45) is 0 Å². The van der Waals surface area contributed by atoms with Crippen LogP contribution in [0.4, 0.5) is 8.78 Å². The van der Waals surface area contributed by atoms with Crippen molar-refractivity contribution in [3.05, 3.63) is 71.4 Å². The topological polar surface area (TPSA) is 285 Å². The number of thioether (sulfide) groups is 1. The normalized spacial score (nSPS) is 17.5. The summed E-state index contributed by atoms with van der Waals surface area (Å²) in [5, 5.41) is 21.6. The third-order valence-electron chi connectivity index (χ3n) is 16.2. The highest BCUT2D eigenvalue weighted by Gasteiger charge is 2.46. The lowest BCUT2D eigenvalue weighted by molar-refractivity contribution is -0.139. The number of unbranched alkanes of at least 4 members (excludes halogenated alkanes) is 3. The molecule has 25 nitrogen and oxygen atoms in total. The van der Waals surface area contributed by atoms with Gasteiger partial charge in [-0.25, -0.2) is 8.78 Å². The van der Waals surface area contributed by atoms with Crippen molar-refractivity contribution in [1.82, 2.24) is 60.6 Å². The Morgan fingerprint density at radius 1 is 0.739 bits per heavy atom. The van der Waals surface area contributed by atoms with Crippen LogP contribution < -0.4 is 26.0 Å². The Hall–Kier alpha value is -7.55. The fourth-order valence-corrected chi connectivity index (χ4v) is 11.8. The molecule has 2 atom stereocenters. The first-order valence-corrected chi connectivity index (χ1v) is 32.7. The zero-order chi connectivity index (χ0) is 66.1. The SMILES string of the molecule is C#C[C@H]1CC(F)(F)CN1C(=O)CNC(=O)c1ccnc2ccc(OCCCCN3CCN(C(=O)CCCCCNC(=O)C(CSCCNC(=O)CCCc4ccc(C)cc4)NC(=O)CN4CCN(COC=O)CCN(COC=O)CCN(CC(=O)O)CC4)CC3)cc12. The number of aliphatic carboxylic acids is 1. The second-order valence-electron chi connectivity index (χ2n) is 23.2. The van der Waals surface area contributed by atoms with Crippen molar-refractivity contribution in [2.45, 2.75) is 89.1 Å². The van der Waals surface area contributed by atoms with E-state index in [1.807, 2.05) is 26.5 Å². The summed E-state index contributed by atoms with van der Waals surface area (Å²) in [5.41, 5.74) is 3.12. The monoisotopic (exact) mass is 1300 g/mol. The third-order valence-corrected chi connectivity index (χ3v) is 17.2. The van der Waals surface area contributed by atoms with Gasteiger partial charge in [0.1, 0.15) is 25.3 Å². The lowest BCUT2D eigenvalue weighted by atomic mass is 10.1. The van der Waals surface area contributed by atoms with Crippen LogP contribution in [0.15, 0.2) is 54.7 Å². The molecule has 0 radical (unpaired) electrons. The molecule has 3 saturated heterocycles. The lowest BCUT2D eigenvalue weighted by Gasteiger charge is -2.34. The summed E-state index contributed by atoms with van der Waals surface area (Å²) in [7, 11) is 0. The molecular weight excluding hydrogens is 1210 g/mol. The molecule has 0 bridgehead atoms. The molecule has 3 fully saturated rings. The third kappa shape index (κ3) is 26.6. The van der Waals surface area contributed by atoms with Gasteiger partial charge in [0.25, 0.3) is 24.8 Å². The van der Waals surface area contributed by atoms with Gasteiger partial charge >= 0.3 is 5.97 Å². The number of carbonyl (C=O) groups excluding carboxylic acids is 8. The van der Waals surface area contributed by atoms with Crippen LogP contribution in [0.25, 0.3) is 10.9 Å². The number of nitrogens with zero attached hydrogens (tertiary/aromatic N) is 8. The smallest absolute Gasteiger partial charge is 0.317 e. The zero-order valence-electron chi connectivity index (χ0n) is 52.7. The number of pyridine rings is 1. The second-order valence-corrected chi connectivity index (χ2v) is 24.4. The van der Waals surface area contributed by atoms with Gasteiger partial charge in [-0.3, -0.25) is 72.6 Å². The molecule has 92 heavy (non-hydrogen) atoms. The van der Waals surface area contributed by atoms with Crippen LogP contribution in [0.5, 0.6) is 5.75 Å². The van der Waals surface area contributed by atoms with Gasteiger partial charge in [0.2, 0.25) is 29.5 Å². The molecule has 6 amide bonds. The number of benzene rings is 2. The number of terminal acetylenes is 1. The van der Waals surface area contributed by atoms with E-state index in [4.69, 9.17) is 20.6 Å². The summed E-state index contributed by atoms with van der Waals surface area (Å²) in [6.07, 6.45) is 12.0. The predicted molar refractivity (Wildman–Crippen MR) is 341 cm³/mol. The Balaban J connectivity index is 0.906. The van der Waals surface area contributed by atoms with E-state index in [0.717, 1.165) is 43.8 Å². The fourth-order valence-electron chi connectivity index (χ4n) is 10.9. The number of amides is 6. The Kier molecular flexibility index (Phi) is 31.8. The van der Waals surface area contributed by atoms with Gasteiger partial charge in [0.15, 0.2) is 0 Å². The molecule has 4 heterocycles. The highest BCUT2D eigenvalue weighted by Crippen LogP contribution is 2.32. The Morgan fingerprint density at radius 3 is 2.07 bits per heavy atom. The maximum absolute atomic E-state index is 14.0. The first-order chi connectivity index (χ1) is 44.4. The number of nitrogens with one attached hydrogen (secondary N) is 4. The van der Waals surface area contributed by atoms with E-state index in [1.54, 1.807) is 23.1 Å². The standard InChI is InChI=1S/C64H90F2N12O13S/c1-3-51-39-64(65,66)44-78(51)60(84)40-70-62(87)53-19-21-67-55-18-17-52(38-54(53)55)91-36-8-7-23-72-32-34-77(35-33-72)59(83)12-5-4-6-20-69-63(88)56(43-92-37-22-68-57(81)11-9-10-50-15-13-49(2)14-16-50)71-58(82)41-73-24-25-74(42-61(85)86)27-29-76(46-90-48-80)31-30-75(28-26-73)45-89-47-79/h1,13-19,21,38,47-48,51,56H,4-12,20,22-37,39-46H2,2H3,(H,68,81)(H,69,88)(H,70,87)(H,71,82)(H,85,86)/t51-,56?/m0/s1. The Morgan fingerprint density at radius 2 is 1.40 bits per heavy atom. The molecule has 5 N–H and O–H groups in total. The molecule has 0 aliphatic carbocycles. The molecule has 0 spiro atoms. The maximum atomic E-state index is 14.0. The van der Waals surface area contributed by atoms with Gasteiger partial charge in [-0.15, -0.1) is 6.42 Å². The number of ether oxygens (including phenoxy) is 3. The Bertz CT molecular complexity index is 2920. The van der Waals surface area contributed by atoms with Gasteiger partial charge in [0.05, 0.1) is 49.9 Å². The van der Waals surface area contributed by atoms with Crippen LogP contribution >= 0.6 is 11.8 Å². The number of halogens is 2. The minimum Gasteiger partial charge on any atom is -0.494 e. The van der Waals surface area contributed by atoms with Gasteiger partial charge in [0, 0.05) is 134 Å². The maximum Gasteiger partial charge on any atom is 0.317 e. The number of carboxylic acids is 1. The van der Waals surface area contributed by atoms with Crippen LogP contribution in [-0.4, -0.2) is 273 Å². The minimum absolute atomic E-state index is 0.00346. The minimum atomic E-state index is -3.09. The van der Waals surface area contributed by atoms with Crippen LogP contribution in [0.1, 0.15) is 79.3 Å². The zero-order valence-corrected chi connectivity index (χ0v) is 53.5. The summed E-state index contributed by atoms with van der Waals surface area (Å²) in [5.74, 6) is -2.69. The van der Waals surface area contributed by atoms with Crippen LogP contribution in [-0.2, 0) is 54.3 Å². The molecule has 3 aliphatic heterocycles. The average molecular weight is 1310 g/mol. The number of piperazine rings is 1. The number of hydrogen-bond donors (Lipinski definition) is 5.